The molecule has 0 saturated carbocycles. The Hall–Kier alpha value is -3.00. The van der Waals surface area contributed by atoms with Gasteiger partial charge in [0.15, 0.2) is 11.5 Å². The van der Waals surface area contributed by atoms with Crippen LogP contribution in [-0.4, -0.2) is 35.4 Å². The normalized spacial score (nSPS) is 16.0. The molecule has 0 aliphatic carbocycles. The molecule has 0 amide bonds. The van der Waals surface area contributed by atoms with Crippen LogP contribution in [0.4, 0.5) is 0 Å². The predicted molar refractivity (Wildman–Crippen MR) is 96.3 cm³/mol. The van der Waals surface area contributed by atoms with Crippen LogP contribution in [-0.2, 0) is 13.0 Å². The van der Waals surface area contributed by atoms with Crippen LogP contribution in [0.1, 0.15) is 22.7 Å². The number of aromatic nitrogens is 2. The molecule has 3 N–H and O–H groups in total. The molecule has 2 heterocycles. The van der Waals surface area contributed by atoms with Crippen molar-refractivity contribution >= 4 is 0 Å². The number of allylic oxidation sites excluding steroid dienone is 1. The molecular formula is C18H21N3O5. The van der Waals surface area contributed by atoms with Crippen molar-refractivity contribution in [1.29, 1.82) is 0 Å². The number of fused-ring (bicyclic) bond motifs is 1. The van der Waals surface area contributed by atoms with Crippen molar-refractivity contribution in [3.05, 3.63) is 62.3 Å². The van der Waals surface area contributed by atoms with E-state index in [0.717, 1.165) is 22.1 Å². The number of nitrogens with zero attached hydrogens (tertiary/aromatic N) is 1. The quantitative estimate of drug-likeness (QED) is 0.678. The molecule has 0 bridgehead atoms. The molecule has 1 aliphatic heterocycles. The molecule has 3 rings (SSSR count). The van der Waals surface area contributed by atoms with Crippen LogP contribution in [0.15, 0.2) is 34.4 Å². The highest BCUT2D eigenvalue weighted by Crippen LogP contribution is 2.38. The number of benzene rings is 1. The fraction of sp³-hybridized carbons (Fsp3) is 0.333. The molecule has 138 valence electrons. The molecule has 1 aromatic carbocycles. The third kappa shape index (κ3) is 2.88. The number of aromatic amines is 1. The van der Waals surface area contributed by atoms with Crippen molar-refractivity contribution in [3.8, 4) is 17.4 Å². The molecule has 1 atom stereocenters. The summed E-state index contributed by atoms with van der Waals surface area (Å²) in [7, 11) is 3.09. The molecule has 0 fully saturated rings. The van der Waals surface area contributed by atoms with E-state index in [4.69, 9.17) is 9.47 Å². The minimum atomic E-state index is -0.681. The Bertz CT molecular complexity index is 961. The number of nitrogens with one attached hydrogen (secondary N) is 2. The Balaban J connectivity index is 2.22. The summed E-state index contributed by atoms with van der Waals surface area (Å²) < 4.78 is 11.8. The second-order valence-electron chi connectivity index (χ2n) is 5.94. The summed E-state index contributed by atoms with van der Waals surface area (Å²) in [6, 6.07) is 3.07. The van der Waals surface area contributed by atoms with Crippen molar-refractivity contribution in [2.24, 2.45) is 0 Å². The predicted octanol–water partition coefficient (Wildman–Crippen LogP) is 0.680. The highest BCUT2D eigenvalue weighted by atomic mass is 16.5. The molecule has 0 unspecified atom stereocenters. The van der Waals surface area contributed by atoms with Crippen LogP contribution in [0.2, 0.25) is 0 Å². The van der Waals surface area contributed by atoms with Gasteiger partial charge in [0.25, 0.3) is 5.56 Å². The summed E-state index contributed by atoms with van der Waals surface area (Å²) in [5.74, 6) is 0.746. The number of H-pyrrole nitrogens is 1. The largest absolute Gasteiger partial charge is 0.494 e. The van der Waals surface area contributed by atoms with E-state index in [9.17, 15) is 14.7 Å². The average Bonchev–Trinajstić information content (AvgIpc) is 2.64. The lowest BCUT2D eigenvalue weighted by Crippen LogP contribution is -2.39. The highest BCUT2D eigenvalue weighted by molar-refractivity contribution is 5.52. The van der Waals surface area contributed by atoms with Crippen molar-refractivity contribution in [1.82, 2.24) is 14.9 Å². The van der Waals surface area contributed by atoms with Gasteiger partial charge in [-0.2, -0.15) is 0 Å². The zero-order chi connectivity index (χ0) is 18.8. The van der Waals surface area contributed by atoms with Gasteiger partial charge in [-0.05, 0) is 29.7 Å². The molecular weight excluding hydrogens is 338 g/mol. The zero-order valence-electron chi connectivity index (χ0n) is 14.7. The summed E-state index contributed by atoms with van der Waals surface area (Å²) in [4.78, 5) is 26.7. The van der Waals surface area contributed by atoms with Crippen LogP contribution >= 0.6 is 0 Å². The third-order valence-corrected chi connectivity index (χ3v) is 4.51. The van der Waals surface area contributed by atoms with Gasteiger partial charge in [0.1, 0.15) is 0 Å². The SMILES string of the molecule is C=CCn1c(O)c([C@@H]2NCCc3cc(OC)c(OC)cc32)c(=O)[nH]c1=O. The number of hydrogen-bond donors (Lipinski definition) is 3. The summed E-state index contributed by atoms with van der Waals surface area (Å²) >= 11 is 0. The first-order valence-corrected chi connectivity index (χ1v) is 8.16. The monoisotopic (exact) mass is 359 g/mol. The van der Waals surface area contributed by atoms with E-state index in [1.165, 1.54) is 13.2 Å². The summed E-state index contributed by atoms with van der Waals surface area (Å²) in [5, 5.41) is 13.8. The van der Waals surface area contributed by atoms with E-state index in [2.05, 4.69) is 16.9 Å². The minimum Gasteiger partial charge on any atom is -0.494 e. The Morgan fingerprint density at radius 2 is 2.00 bits per heavy atom. The van der Waals surface area contributed by atoms with E-state index < -0.39 is 17.3 Å². The number of ether oxygens (including phenoxy) is 2. The van der Waals surface area contributed by atoms with E-state index >= 15 is 0 Å². The van der Waals surface area contributed by atoms with Gasteiger partial charge in [0.05, 0.1) is 25.8 Å². The van der Waals surface area contributed by atoms with Gasteiger partial charge in [0.2, 0.25) is 5.88 Å². The number of rotatable bonds is 5. The van der Waals surface area contributed by atoms with Crippen molar-refractivity contribution in [2.45, 2.75) is 19.0 Å². The second-order valence-corrected chi connectivity index (χ2v) is 5.94. The number of hydrogen-bond acceptors (Lipinski definition) is 6. The van der Waals surface area contributed by atoms with Gasteiger partial charge in [-0.25, -0.2) is 4.79 Å². The molecule has 0 radical (unpaired) electrons. The van der Waals surface area contributed by atoms with Crippen LogP contribution in [0.5, 0.6) is 17.4 Å². The smallest absolute Gasteiger partial charge is 0.331 e. The second kappa shape index (κ2) is 7.09. The first-order chi connectivity index (χ1) is 12.5. The zero-order valence-corrected chi connectivity index (χ0v) is 14.7. The molecule has 26 heavy (non-hydrogen) atoms. The van der Waals surface area contributed by atoms with Gasteiger partial charge in [-0.1, -0.05) is 6.08 Å². The van der Waals surface area contributed by atoms with Gasteiger partial charge in [-0.3, -0.25) is 14.3 Å². The molecule has 8 heteroatoms. The van der Waals surface area contributed by atoms with E-state index in [-0.39, 0.29) is 18.0 Å². The Morgan fingerprint density at radius 1 is 1.31 bits per heavy atom. The van der Waals surface area contributed by atoms with Crippen molar-refractivity contribution < 1.29 is 14.6 Å². The van der Waals surface area contributed by atoms with Crippen LogP contribution in [0.25, 0.3) is 0 Å². The Labute approximate surface area is 149 Å². The molecule has 2 aromatic rings. The van der Waals surface area contributed by atoms with Crippen LogP contribution in [0, 0.1) is 0 Å². The third-order valence-electron chi connectivity index (χ3n) is 4.51. The minimum absolute atomic E-state index is 0.0830. The lowest BCUT2D eigenvalue weighted by Gasteiger charge is -2.28. The fourth-order valence-corrected chi connectivity index (χ4v) is 3.27. The lowest BCUT2D eigenvalue weighted by atomic mass is 9.90. The Morgan fingerprint density at radius 3 is 2.65 bits per heavy atom. The topological polar surface area (TPSA) is 106 Å². The van der Waals surface area contributed by atoms with Gasteiger partial charge in [-0.15, -0.1) is 6.58 Å². The Kier molecular flexibility index (Phi) is 4.85. The standard InChI is InChI=1S/C18H21N3O5/c1-4-7-21-17(23)14(16(22)20-18(21)24)15-11-9-13(26-3)12(25-2)8-10(11)5-6-19-15/h4,8-9,15,19,23H,1,5-7H2,2-3H3,(H,20,22,24)/t15-/m1/s1. The average molecular weight is 359 g/mol. The molecule has 1 aromatic heterocycles. The first-order valence-electron chi connectivity index (χ1n) is 8.16. The summed E-state index contributed by atoms with van der Waals surface area (Å²) in [5.41, 5.74) is 0.539. The molecule has 0 spiro atoms. The summed E-state index contributed by atoms with van der Waals surface area (Å²) in [6.45, 7) is 4.26. The van der Waals surface area contributed by atoms with Crippen molar-refractivity contribution in [2.75, 3.05) is 20.8 Å². The highest BCUT2D eigenvalue weighted by Gasteiger charge is 2.29. The van der Waals surface area contributed by atoms with E-state index in [1.54, 1.807) is 13.2 Å². The van der Waals surface area contributed by atoms with Gasteiger partial charge >= 0.3 is 5.69 Å². The van der Waals surface area contributed by atoms with Crippen molar-refractivity contribution in [3.63, 3.8) is 0 Å². The molecule has 0 saturated heterocycles. The first kappa shape index (κ1) is 17.8. The lowest BCUT2D eigenvalue weighted by molar-refractivity contribution is 0.352. The van der Waals surface area contributed by atoms with Gasteiger partial charge < -0.3 is 19.9 Å². The van der Waals surface area contributed by atoms with E-state index in [0.29, 0.717) is 18.0 Å². The summed E-state index contributed by atoms with van der Waals surface area (Å²) in [6.07, 6.45) is 2.20. The maximum Gasteiger partial charge on any atom is 0.331 e. The fourth-order valence-electron chi connectivity index (χ4n) is 3.27. The maximum absolute atomic E-state index is 12.5. The molecule has 8 nitrogen and oxygen atoms in total. The van der Waals surface area contributed by atoms with Crippen LogP contribution in [0.3, 0.4) is 0 Å². The van der Waals surface area contributed by atoms with Crippen LogP contribution < -0.4 is 26.0 Å². The van der Waals surface area contributed by atoms with E-state index in [1.807, 2.05) is 6.07 Å². The molecule has 1 aliphatic rings. The maximum atomic E-state index is 12.5. The number of methoxy groups -OCH3 is 2. The van der Waals surface area contributed by atoms with Gasteiger partial charge in [0, 0.05) is 13.1 Å². The number of aromatic hydroxyl groups is 1.